The number of nitrogens with one attached hydrogen (secondary N) is 2. The summed E-state index contributed by atoms with van der Waals surface area (Å²) >= 11 is 0. The molecule has 154 valence electrons. The maximum atomic E-state index is 11.6. The fourth-order valence-electron chi connectivity index (χ4n) is 4.00. The van der Waals surface area contributed by atoms with Crippen molar-refractivity contribution in [1.29, 1.82) is 0 Å². The van der Waals surface area contributed by atoms with Crippen molar-refractivity contribution >= 4 is 40.0 Å². The Morgan fingerprint density at radius 2 is 1.69 bits per heavy atom. The number of nitrogens with zero attached hydrogens (tertiary/aromatic N) is 2. The zero-order valence-corrected chi connectivity index (χ0v) is 19.8. The molecule has 1 saturated heterocycles. The van der Waals surface area contributed by atoms with Gasteiger partial charge in [0.1, 0.15) is 0 Å². The minimum Gasteiger partial charge on any atom is -0.356 e. The molecule has 1 aliphatic carbocycles. The highest BCUT2D eigenvalue weighted by Gasteiger charge is 2.26. The Labute approximate surface area is 177 Å². The lowest BCUT2D eigenvalue weighted by Crippen LogP contribution is -2.47. The first-order valence-electron chi connectivity index (χ1n) is 9.72. The van der Waals surface area contributed by atoms with Crippen LogP contribution in [0.4, 0.5) is 0 Å². The number of sulfonamides is 1. The quantitative estimate of drug-likeness (QED) is 0.346. The first-order valence-corrected chi connectivity index (χ1v) is 11.6. The van der Waals surface area contributed by atoms with Gasteiger partial charge in [-0.25, -0.2) is 12.7 Å². The summed E-state index contributed by atoms with van der Waals surface area (Å²) in [5.41, 5.74) is 0. The van der Waals surface area contributed by atoms with Crippen molar-refractivity contribution in [1.82, 2.24) is 14.9 Å². The second-order valence-corrected chi connectivity index (χ2v) is 10.0. The van der Waals surface area contributed by atoms with Crippen molar-refractivity contribution in [3.05, 3.63) is 0 Å². The van der Waals surface area contributed by atoms with Gasteiger partial charge in [-0.3, -0.25) is 4.99 Å². The molecule has 0 spiro atoms. The third-order valence-electron chi connectivity index (χ3n) is 5.88. The Bertz CT molecular complexity index is 537. The van der Waals surface area contributed by atoms with Crippen molar-refractivity contribution in [2.75, 3.05) is 32.9 Å². The predicted octanol–water partition coefficient (Wildman–Crippen LogP) is 2.66. The molecule has 0 aromatic rings. The fourth-order valence-corrected chi connectivity index (χ4v) is 4.88. The van der Waals surface area contributed by atoms with E-state index in [0.29, 0.717) is 25.0 Å². The van der Waals surface area contributed by atoms with Gasteiger partial charge < -0.3 is 10.6 Å². The molecule has 2 fully saturated rings. The van der Waals surface area contributed by atoms with Gasteiger partial charge in [-0.2, -0.15) is 0 Å². The maximum absolute atomic E-state index is 11.6. The van der Waals surface area contributed by atoms with Crippen LogP contribution in [0.5, 0.6) is 0 Å². The van der Waals surface area contributed by atoms with E-state index in [1.165, 1.54) is 31.9 Å². The molecular weight excluding hydrogens is 463 g/mol. The normalized spacial score (nSPS) is 26.4. The van der Waals surface area contributed by atoms with E-state index in [0.717, 1.165) is 37.2 Å². The molecule has 1 saturated carbocycles. The van der Waals surface area contributed by atoms with Crippen molar-refractivity contribution < 1.29 is 8.42 Å². The van der Waals surface area contributed by atoms with E-state index in [9.17, 15) is 8.42 Å². The van der Waals surface area contributed by atoms with Crippen LogP contribution < -0.4 is 10.6 Å². The molecule has 0 aromatic heterocycles. The summed E-state index contributed by atoms with van der Waals surface area (Å²) in [6.45, 7) is 6.79. The summed E-state index contributed by atoms with van der Waals surface area (Å²) in [5.74, 6) is 3.05. The first kappa shape index (κ1) is 23.9. The molecule has 0 atom stereocenters. The van der Waals surface area contributed by atoms with Crippen molar-refractivity contribution in [3.8, 4) is 0 Å². The van der Waals surface area contributed by atoms with E-state index < -0.39 is 10.0 Å². The molecule has 0 amide bonds. The van der Waals surface area contributed by atoms with E-state index in [1.54, 1.807) is 4.31 Å². The van der Waals surface area contributed by atoms with Gasteiger partial charge in [-0.15, -0.1) is 24.0 Å². The number of hydrogen-bond donors (Lipinski definition) is 2. The van der Waals surface area contributed by atoms with Crippen LogP contribution >= 0.6 is 24.0 Å². The van der Waals surface area contributed by atoms with Gasteiger partial charge in [0.25, 0.3) is 0 Å². The monoisotopic (exact) mass is 500 g/mol. The number of hydrogen-bond acceptors (Lipinski definition) is 3. The van der Waals surface area contributed by atoms with Crippen LogP contribution in [0.15, 0.2) is 4.99 Å². The van der Waals surface area contributed by atoms with E-state index in [1.807, 2.05) is 7.05 Å². The SMILES string of the molecule is CN=C(NCC1CCN(S(C)(=O)=O)CC1)NC1CCC(C(C)C)CC1.I. The molecule has 2 rings (SSSR count). The Morgan fingerprint density at radius 1 is 1.12 bits per heavy atom. The molecule has 0 unspecified atom stereocenters. The molecule has 2 N–H and O–H groups in total. The average Bonchev–Trinajstić information content (AvgIpc) is 2.58. The Morgan fingerprint density at radius 3 is 2.15 bits per heavy atom. The topological polar surface area (TPSA) is 73.8 Å². The smallest absolute Gasteiger partial charge is 0.211 e. The standard InChI is InChI=1S/C18H36N4O2S.HI/c1-14(2)16-5-7-17(8-6-16)21-18(19-3)20-13-15-9-11-22(12-10-15)25(4,23)24;/h14-17H,5-13H2,1-4H3,(H2,19,20,21);1H. The van der Waals surface area contributed by atoms with Gasteiger partial charge >= 0.3 is 0 Å². The number of piperidine rings is 1. The maximum Gasteiger partial charge on any atom is 0.211 e. The molecular formula is C18H37IN4O2S. The highest BCUT2D eigenvalue weighted by Crippen LogP contribution is 2.29. The highest BCUT2D eigenvalue weighted by molar-refractivity contribution is 14.0. The van der Waals surface area contributed by atoms with Gasteiger partial charge in [0.15, 0.2) is 5.96 Å². The molecule has 2 aliphatic rings. The summed E-state index contributed by atoms with van der Waals surface area (Å²) in [6.07, 6.45) is 8.16. The minimum atomic E-state index is -3.04. The molecule has 6 nitrogen and oxygen atoms in total. The summed E-state index contributed by atoms with van der Waals surface area (Å²) in [5, 5.41) is 7.02. The molecule has 26 heavy (non-hydrogen) atoms. The Kier molecular flexibility index (Phi) is 10.2. The lowest BCUT2D eigenvalue weighted by molar-refractivity contribution is 0.249. The first-order chi connectivity index (χ1) is 11.8. The van der Waals surface area contributed by atoms with Crippen LogP contribution in [-0.2, 0) is 10.0 Å². The lowest BCUT2D eigenvalue weighted by Gasteiger charge is -2.33. The molecule has 1 heterocycles. The van der Waals surface area contributed by atoms with Gasteiger partial charge in [-0.05, 0) is 56.3 Å². The molecule has 0 aromatic carbocycles. The van der Waals surface area contributed by atoms with Gasteiger partial charge in [-0.1, -0.05) is 13.8 Å². The van der Waals surface area contributed by atoms with E-state index in [4.69, 9.17) is 0 Å². The molecule has 8 heteroatoms. The Hall–Kier alpha value is -0.0900. The summed E-state index contributed by atoms with van der Waals surface area (Å²) in [4.78, 5) is 4.36. The summed E-state index contributed by atoms with van der Waals surface area (Å²) in [6, 6.07) is 0.522. The van der Waals surface area contributed by atoms with Crippen molar-refractivity contribution in [2.45, 2.75) is 58.4 Å². The van der Waals surface area contributed by atoms with Gasteiger partial charge in [0.2, 0.25) is 10.0 Å². The van der Waals surface area contributed by atoms with Crippen LogP contribution in [0.25, 0.3) is 0 Å². The van der Waals surface area contributed by atoms with Crippen molar-refractivity contribution in [3.63, 3.8) is 0 Å². The second-order valence-electron chi connectivity index (χ2n) is 8.06. The summed E-state index contributed by atoms with van der Waals surface area (Å²) < 4.78 is 24.7. The predicted molar refractivity (Wildman–Crippen MR) is 120 cm³/mol. The van der Waals surface area contributed by atoms with Crippen LogP contribution in [0.2, 0.25) is 0 Å². The minimum absolute atomic E-state index is 0. The highest BCUT2D eigenvalue weighted by atomic mass is 127. The number of guanidine groups is 1. The average molecular weight is 500 g/mol. The summed E-state index contributed by atoms with van der Waals surface area (Å²) in [7, 11) is -1.22. The van der Waals surface area contributed by atoms with Gasteiger partial charge in [0, 0.05) is 32.7 Å². The van der Waals surface area contributed by atoms with Crippen LogP contribution in [0.3, 0.4) is 0 Å². The van der Waals surface area contributed by atoms with E-state index >= 15 is 0 Å². The number of aliphatic imine (C=N–C) groups is 1. The van der Waals surface area contributed by atoms with Crippen LogP contribution in [-0.4, -0.2) is 57.7 Å². The number of rotatable bonds is 5. The Balaban J connectivity index is 0.00000338. The van der Waals surface area contributed by atoms with Crippen LogP contribution in [0, 0.1) is 17.8 Å². The molecule has 0 bridgehead atoms. The fraction of sp³-hybridized carbons (Fsp3) is 0.944. The zero-order chi connectivity index (χ0) is 18.4. The zero-order valence-electron chi connectivity index (χ0n) is 16.7. The third-order valence-corrected chi connectivity index (χ3v) is 7.18. The third kappa shape index (κ3) is 7.50. The molecule has 0 radical (unpaired) electrons. The van der Waals surface area contributed by atoms with E-state index in [2.05, 4.69) is 29.5 Å². The second kappa shape index (κ2) is 11.0. The lowest BCUT2D eigenvalue weighted by atomic mass is 9.80. The largest absolute Gasteiger partial charge is 0.356 e. The number of halogens is 1. The van der Waals surface area contributed by atoms with E-state index in [-0.39, 0.29) is 24.0 Å². The van der Waals surface area contributed by atoms with Gasteiger partial charge in [0.05, 0.1) is 6.26 Å². The molecule has 1 aliphatic heterocycles. The van der Waals surface area contributed by atoms with Crippen molar-refractivity contribution in [2.24, 2.45) is 22.7 Å². The van der Waals surface area contributed by atoms with Crippen LogP contribution in [0.1, 0.15) is 52.4 Å².